The van der Waals surface area contributed by atoms with Gasteiger partial charge in [0.1, 0.15) is 5.54 Å². The van der Waals surface area contributed by atoms with Crippen LogP contribution in [0.3, 0.4) is 0 Å². The van der Waals surface area contributed by atoms with Gasteiger partial charge in [0, 0.05) is 11.2 Å². The second kappa shape index (κ2) is 8.62. The van der Waals surface area contributed by atoms with Crippen molar-refractivity contribution in [2.24, 2.45) is 0 Å². The van der Waals surface area contributed by atoms with Crippen molar-refractivity contribution in [2.75, 3.05) is 11.9 Å². The van der Waals surface area contributed by atoms with E-state index >= 15 is 0 Å². The number of nitrogens with one attached hydrogen (secondary N) is 3. The fourth-order valence-corrected chi connectivity index (χ4v) is 3.28. The summed E-state index contributed by atoms with van der Waals surface area (Å²) in [5.41, 5.74) is -0.0157. The summed E-state index contributed by atoms with van der Waals surface area (Å²) in [6.45, 7) is 5.94. The summed E-state index contributed by atoms with van der Waals surface area (Å²) in [7, 11) is 0. The number of nitrogens with zero attached hydrogens (tertiary/aromatic N) is 1. The molecule has 0 aliphatic heterocycles. The molecule has 1 aliphatic rings. The molecule has 0 saturated heterocycles. The Morgan fingerprint density at radius 2 is 1.96 bits per heavy atom. The largest absolute Gasteiger partial charge is 0.376 e. The molecule has 27 heavy (non-hydrogen) atoms. The van der Waals surface area contributed by atoms with Crippen molar-refractivity contribution in [1.29, 1.82) is 5.26 Å². The zero-order valence-electron chi connectivity index (χ0n) is 16.1. The molecular formula is C20H27ClN4O2. The van der Waals surface area contributed by atoms with Crippen molar-refractivity contribution >= 4 is 29.1 Å². The van der Waals surface area contributed by atoms with E-state index < -0.39 is 5.54 Å². The van der Waals surface area contributed by atoms with E-state index in [0.717, 1.165) is 19.3 Å². The minimum absolute atomic E-state index is 0.0359. The molecule has 7 heteroatoms. The number of benzene rings is 1. The fourth-order valence-electron chi connectivity index (χ4n) is 3.01. The number of carbonyl (C=O) groups excluding carboxylic acids is 2. The quantitative estimate of drug-likeness (QED) is 0.662. The third-order valence-electron chi connectivity index (χ3n) is 5.05. The molecule has 0 spiro atoms. The fraction of sp³-hybridized carbons (Fsp3) is 0.550. The molecule has 1 aromatic rings. The van der Waals surface area contributed by atoms with Gasteiger partial charge in [-0.3, -0.25) is 9.59 Å². The first-order chi connectivity index (χ1) is 12.7. The first-order valence-corrected chi connectivity index (χ1v) is 9.66. The molecule has 1 saturated carbocycles. The molecule has 0 bridgehead atoms. The lowest BCUT2D eigenvalue weighted by Gasteiger charge is -2.24. The van der Waals surface area contributed by atoms with Crippen LogP contribution in [0.25, 0.3) is 0 Å². The van der Waals surface area contributed by atoms with Crippen molar-refractivity contribution in [3.8, 4) is 6.07 Å². The van der Waals surface area contributed by atoms with Gasteiger partial charge in [-0.1, -0.05) is 18.5 Å². The zero-order valence-corrected chi connectivity index (χ0v) is 16.9. The van der Waals surface area contributed by atoms with Crippen LogP contribution in [0.5, 0.6) is 0 Å². The molecule has 2 rings (SSSR count). The molecule has 0 aromatic heterocycles. The molecule has 3 N–H and O–H groups in total. The first-order valence-electron chi connectivity index (χ1n) is 9.28. The molecule has 1 aliphatic carbocycles. The molecular weight excluding hydrogens is 364 g/mol. The highest BCUT2D eigenvalue weighted by atomic mass is 35.5. The number of hydrogen-bond acceptors (Lipinski definition) is 4. The molecule has 0 heterocycles. The maximum atomic E-state index is 12.4. The van der Waals surface area contributed by atoms with Crippen LogP contribution in [0.15, 0.2) is 18.2 Å². The smallest absolute Gasteiger partial charge is 0.253 e. The maximum Gasteiger partial charge on any atom is 0.253 e. The number of rotatable bonds is 7. The van der Waals surface area contributed by atoms with E-state index in [1.807, 2.05) is 20.8 Å². The van der Waals surface area contributed by atoms with Gasteiger partial charge in [-0.25, -0.2) is 0 Å². The van der Waals surface area contributed by atoms with Crippen molar-refractivity contribution in [3.63, 3.8) is 0 Å². The molecule has 1 aromatic carbocycles. The summed E-state index contributed by atoms with van der Waals surface area (Å²) >= 11 is 6.25. The summed E-state index contributed by atoms with van der Waals surface area (Å²) in [6.07, 6.45) is 4.09. The van der Waals surface area contributed by atoms with E-state index in [9.17, 15) is 14.9 Å². The number of nitriles is 1. The van der Waals surface area contributed by atoms with Gasteiger partial charge in [-0.2, -0.15) is 5.26 Å². The summed E-state index contributed by atoms with van der Waals surface area (Å²) in [4.78, 5) is 24.5. The average molecular weight is 391 g/mol. The summed E-state index contributed by atoms with van der Waals surface area (Å²) in [6, 6.07) is 7.20. The Morgan fingerprint density at radius 3 is 2.52 bits per heavy atom. The number of anilines is 1. The van der Waals surface area contributed by atoms with E-state index in [0.29, 0.717) is 29.1 Å². The lowest BCUT2D eigenvalue weighted by atomic mass is 10.00. The van der Waals surface area contributed by atoms with Crippen LogP contribution >= 0.6 is 11.6 Å². The van der Waals surface area contributed by atoms with Crippen LogP contribution in [0.2, 0.25) is 5.02 Å². The van der Waals surface area contributed by atoms with Gasteiger partial charge in [-0.05, 0) is 64.2 Å². The minimum atomic E-state index is -0.732. The average Bonchev–Trinajstić information content (AvgIpc) is 3.08. The van der Waals surface area contributed by atoms with E-state index in [1.54, 1.807) is 18.2 Å². The van der Waals surface area contributed by atoms with Crippen LogP contribution in [-0.4, -0.2) is 29.4 Å². The Balaban J connectivity index is 1.95. The molecule has 6 nitrogen and oxygen atoms in total. The monoisotopic (exact) mass is 390 g/mol. The van der Waals surface area contributed by atoms with E-state index in [4.69, 9.17) is 11.6 Å². The SMILES string of the molecule is CCC(C)(C)NC(=O)c1ccc(NCC(=O)NC2(C#N)CCCC2)cc1Cl. The number of hydrogen-bond donors (Lipinski definition) is 3. The van der Waals surface area contributed by atoms with Gasteiger partial charge >= 0.3 is 0 Å². The van der Waals surface area contributed by atoms with Gasteiger partial charge in [0.25, 0.3) is 5.91 Å². The van der Waals surface area contributed by atoms with Crippen LogP contribution in [0.1, 0.15) is 63.2 Å². The highest BCUT2D eigenvalue weighted by Crippen LogP contribution is 2.28. The van der Waals surface area contributed by atoms with Crippen molar-refractivity contribution in [1.82, 2.24) is 10.6 Å². The normalized spacial score (nSPS) is 15.7. The Morgan fingerprint density at radius 1 is 1.30 bits per heavy atom. The molecule has 146 valence electrons. The van der Waals surface area contributed by atoms with Gasteiger partial charge < -0.3 is 16.0 Å². The third kappa shape index (κ3) is 5.61. The Hall–Kier alpha value is -2.26. The van der Waals surface area contributed by atoms with Gasteiger partial charge in [0.05, 0.1) is 23.2 Å². The van der Waals surface area contributed by atoms with Crippen molar-refractivity contribution in [2.45, 2.75) is 64.0 Å². The molecule has 0 radical (unpaired) electrons. The van der Waals surface area contributed by atoms with Crippen LogP contribution < -0.4 is 16.0 Å². The second-order valence-electron chi connectivity index (χ2n) is 7.69. The summed E-state index contributed by atoms with van der Waals surface area (Å²) in [5, 5.41) is 18.4. The first kappa shape index (κ1) is 21.0. The lowest BCUT2D eigenvalue weighted by molar-refractivity contribution is -0.120. The standard InChI is InChI=1S/C20H27ClN4O2/c1-4-19(2,3)25-18(27)15-8-7-14(11-16(15)21)23-12-17(26)24-20(13-22)9-5-6-10-20/h7-8,11,23H,4-6,9-10,12H2,1-3H3,(H,24,26)(H,25,27). The Bertz CT molecular complexity index is 749. The van der Waals surface area contributed by atoms with Gasteiger partial charge in [0.15, 0.2) is 0 Å². The van der Waals surface area contributed by atoms with Crippen LogP contribution in [0.4, 0.5) is 5.69 Å². The highest BCUT2D eigenvalue weighted by molar-refractivity contribution is 6.34. The maximum absolute atomic E-state index is 12.4. The topological polar surface area (TPSA) is 94.0 Å². The number of halogens is 1. The second-order valence-corrected chi connectivity index (χ2v) is 8.10. The number of carbonyl (C=O) groups is 2. The van der Waals surface area contributed by atoms with Gasteiger partial charge in [0.2, 0.25) is 5.91 Å². The van der Waals surface area contributed by atoms with Crippen LogP contribution in [-0.2, 0) is 4.79 Å². The third-order valence-corrected chi connectivity index (χ3v) is 5.37. The molecule has 0 unspecified atom stereocenters. The highest BCUT2D eigenvalue weighted by Gasteiger charge is 2.35. The van der Waals surface area contributed by atoms with E-state index in [1.165, 1.54) is 0 Å². The van der Waals surface area contributed by atoms with E-state index in [-0.39, 0.29) is 23.9 Å². The lowest BCUT2D eigenvalue weighted by Crippen LogP contribution is -2.47. The summed E-state index contributed by atoms with van der Waals surface area (Å²) in [5.74, 6) is -0.463. The molecule has 0 atom stereocenters. The number of amides is 2. The Labute approximate surface area is 165 Å². The zero-order chi connectivity index (χ0) is 20.1. The predicted molar refractivity (Wildman–Crippen MR) is 107 cm³/mol. The van der Waals surface area contributed by atoms with E-state index in [2.05, 4.69) is 22.0 Å². The van der Waals surface area contributed by atoms with Crippen molar-refractivity contribution < 1.29 is 9.59 Å². The molecule has 1 fully saturated rings. The minimum Gasteiger partial charge on any atom is -0.376 e. The van der Waals surface area contributed by atoms with Gasteiger partial charge in [-0.15, -0.1) is 0 Å². The Kier molecular flexibility index (Phi) is 6.72. The van der Waals surface area contributed by atoms with Crippen molar-refractivity contribution in [3.05, 3.63) is 28.8 Å². The van der Waals surface area contributed by atoms with Crippen LogP contribution in [0, 0.1) is 11.3 Å². The molecule has 2 amide bonds. The summed E-state index contributed by atoms with van der Waals surface area (Å²) < 4.78 is 0. The predicted octanol–water partition coefficient (Wildman–Crippen LogP) is 3.62.